The summed E-state index contributed by atoms with van der Waals surface area (Å²) in [6.07, 6.45) is 5.74. The maximum Gasteiger partial charge on any atom is 0.00693 e. The normalized spacial score (nSPS) is 32.1. The van der Waals surface area contributed by atoms with Crippen LogP contribution in [0.15, 0.2) is 0 Å². The molecular weight excluding hydrogens is 158 g/mol. The van der Waals surface area contributed by atoms with Crippen molar-refractivity contribution in [1.29, 1.82) is 0 Å². The second-order valence-corrected chi connectivity index (χ2v) is 5.13. The molecule has 0 unspecified atom stereocenters. The molecule has 1 rings (SSSR count). The topological polar surface area (TPSA) is 12.0 Å². The molecule has 1 nitrogen and oxygen atoms in total. The van der Waals surface area contributed by atoms with E-state index < -0.39 is 0 Å². The minimum absolute atomic E-state index is 0.634. The van der Waals surface area contributed by atoms with Crippen molar-refractivity contribution in [2.75, 3.05) is 0 Å². The summed E-state index contributed by atoms with van der Waals surface area (Å²) in [6.45, 7) is 9.21. The van der Waals surface area contributed by atoms with Crippen molar-refractivity contribution < 1.29 is 0 Å². The summed E-state index contributed by atoms with van der Waals surface area (Å²) < 4.78 is 0. The average Bonchev–Trinajstić information content (AvgIpc) is 2.04. The number of hydrogen-bond donors (Lipinski definition) is 1. The molecule has 0 spiro atoms. The van der Waals surface area contributed by atoms with Crippen LogP contribution in [0.1, 0.15) is 53.4 Å². The van der Waals surface area contributed by atoms with Crippen molar-refractivity contribution >= 4 is 0 Å². The summed E-state index contributed by atoms with van der Waals surface area (Å²) in [5.74, 6) is 1.90. The van der Waals surface area contributed by atoms with E-state index in [0.29, 0.717) is 12.1 Å². The Kier molecular flexibility index (Phi) is 4.24. The first-order chi connectivity index (χ1) is 6.09. The van der Waals surface area contributed by atoms with Gasteiger partial charge in [0.25, 0.3) is 0 Å². The Hall–Kier alpha value is -0.0400. The molecule has 0 saturated heterocycles. The van der Waals surface area contributed by atoms with E-state index in [-0.39, 0.29) is 0 Å². The molecule has 0 aromatic rings. The number of nitrogens with one attached hydrogen (secondary N) is 1. The lowest BCUT2D eigenvalue weighted by Gasteiger charge is -2.32. The van der Waals surface area contributed by atoms with Gasteiger partial charge in [-0.15, -0.1) is 0 Å². The zero-order chi connectivity index (χ0) is 9.84. The molecule has 0 radical (unpaired) electrons. The van der Waals surface area contributed by atoms with E-state index in [2.05, 4.69) is 33.0 Å². The van der Waals surface area contributed by atoms with Crippen molar-refractivity contribution in [1.82, 2.24) is 5.32 Å². The van der Waals surface area contributed by atoms with E-state index in [0.717, 1.165) is 11.8 Å². The molecule has 0 aliphatic heterocycles. The van der Waals surface area contributed by atoms with Gasteiger partial charge >= 0.3 is 0 Å². The highest BCUT2D eigenvalue weighted by Gasteiger charge is 2.23. The van der Waals surface area contributed by atoms with Crippen LogP contribution in [0.25, 0.3) is 0 Å². The van der Waals surface area contributed by atoms with Crippen LogP contribution in [0, 0.1) is 11.8 Å². The van der Waals surface area contributed by atoms with Crippen LogP contribution in [0.2, 0.25) is 0 Å². The minimum atomic E-state index is 0.634. The standard InChI is InChI=1S/C12H25N/c1-9(2)13-11(4)12-7-5-10(3)6-8-12/h9-13H,5-8H2,1-4H3/t10-,11-,12+/m0/s1. The van der Waals surface area contributed by atoms with Gasteiger partial charge in [-0.1, -0.05) is 33.6 Å². The molecule has 1 saturated carbocycles. The molecule has 13 heavy (non-hydrogen) atoms. The Morgan fingerprint density at radius 3 is 2.00 bits per heavy atom. The highest BCUT2D eigenvalue weighted by molar-refractivity contribution is 4.78. The van der Waals surface area contributed by atoms with Crippen LogP contribution in [-0.2, 0) is 0 Å². The van der Waals surface area contributed by atoms with Crippen LogP contribution in [-0.4, -0.2) is 12.1 Å². The Morgan fingerprint density at radius 2 is 1.54 bits per heavy atom. The Balaban J connectivity index is 2.27. The molecule has 1 fully saturated rings. The van der Waals surface area contributed by atoms with Gasteiger partial charge in [0.15, 0.2) is 0 Å². The van der Waals surface area contributed by atoms with Crippen molar-refractivity contribution in [3.8, 4) is 0 Å². The molecule has 0 aromatic carbocycles. The smallest absolute Gasteiger partial charge is 0.00693 e. The molecule has 1 N–H and O–H groups in total. The van der Waals surface area contributed by atoms with E-state index in [4.69, 9.17) is 0 Å². The first kappa shape index (κ1) is 11.0. The summed E-state index contributed by atoms with van der Waals surface area (Å²) in [5, 5.41) is 3.63. The van der Waals surface area contributed by atoms with Gasteiger partial charge in [0, 0.05) is 12.1 Å². The maximum absolute atomic E-state index is 3.63. The fourth-order valence-electron chi connectivity index (χ4n) is 2.45. The van der Waals surface area contributed by atoms with Gasteiger partial charge in [0.05, 0.1) is 0 Å². The van der Waals surface area contributed by atoms with E-state index in [1.165, 1.54) is 25.7 Å². The summed E-state index contributed by atoms with van der Waals surface area (Å²) in [4.78, 5) is 0. The lowest BCUT2D eigenvalue weighted by atomic mass is 9.79. The van der Waals surface area contributed by atoms with Crippen LogP contribution in [0.5, 0.6) is 0 Å². The predicted octanol–water partition coefficient (Wildman–Crippen LogP) is 3.20. The second kappa shape index (κ2) is 4.99. The zero-order valence-electron chi connectivity index (χ0n) is 9.64. The van der Waals surface area contributed by atoms with Gasteiger partial charge in [-0.2, -0.15) is 0 Å². The third-order valence-corrected chi connectivity index (χ3v) is 3.36. The van der Waals surface area contributed by atoms with Gasteiger partial charge in [-0.25, -0.2) is 0 Å². The first-order valence-electron chi connectivity index (χ1n) is 5.85. The molecule has 1 heteroatoms. The Morgan fingerprint density at radius 1 is 1.00 bits per heavy atom. The van der Waals surface area contributed by atoms with Crippen molar-refractivity contribution in [3.63, 3.8) is 0 Å². The lowest BCUT2D eigenvalue weighted by Crippen LogP contribution is -2.39. The van der Waals surface area contributed by atoms with E-state index in [9.17, 15) is 0 Å². The lowest BCUT2D eigenvalue weighted by molar-refractivity contribution is 0.232. The van der Waals surface area contributed by atoms with Gasteiger partial charge < -0.3 is 5.32 Å². The molecule has 1 aliphatic rings. The summed E-state index contributed by atoms with van der Waals surface area (Å²) in [7, 11) is 0. The quantitative estimate of drug-likeness (QED) is 0.708. The van der Waals surface area contributed by atoms with Gasteiger partial charge in [-0.3, -0.25) is 0 Å². The zero-order valence-corrected chi connectivity index (χ0v) is 9.64. The minimum Gasteiger partial charge on any atom is -0.312 e. The Bertz CT molecular complexity index is 134. The highest BCUT2D eigenvalue weighted by Crippen LogP contribution is 2.30. The third-order valence-electron chi connectivity index (χ3n) is 3.36. The van der Waals surface area contributed by atoms with Crippen LogP contribution < -0.4 is 5.32 Å². The number of hydrogen-bond acceptors (Lipinski definition) is 1. The fourth-order valence-corrected chi connectivity index (χ4v) is 2.45. The van der Waals surface area contributed by atoms with Crippen molar-refractivity contribution in [3.05, 3.63) is 0 Å². The van der Waals surface area contributed by atoms with Crippen LogP contribution in [0.4, 0.5) is 0 Å². The average molecular weight is 183 g/mol. The Labute approximate surface area is 83.3 Å². The van der Waals surface area contributed by atoms with Gasteiger partial charge in [0.2, 0.25) is 0 Å². The molecule has 78 valence electrons. The summed E-state index contributed by atoms with van der Waals surface area (Å²) in [5.41, 5.74) is 0. The highest BCUT2D eigenvalue weighted by atomic mass is 14.9. The third kappa shape index (κ3) is 3.68. The summed E-state index contributed by atoms with van der Waals surface area (Å²) in [6, 6.07) is 1.35. The molecule has 0 heterocycles. The molecule has 1 atom stereocenters. The largest absolute Gasteiger partial charge is 0.312 e. The summed E-state index contributed by atoms with van der Waals surface area (Å²) >= 11 is 0. The van der Waals surface area contributed by atoms with E-state index in [1.807, 2.05) is 0 Å². The van der Waals surface area contributed by atoms with E-state index in [1.54, 1.807) is 0 Å². The number of rotatable bonds is 3. The molecule has 0 bridgehead atoms. The van der Waals surface area contributed by atoms with Crippen LogP contribution in [0.3, 0.4) is 0 Å². The molecule has 1 aliphatic carbocycles. The monoisotopic (exact) mass is 183 g/mol. The maximum atomic E-state index is 3.63. The second-order valence-electron chi connectivity index (χ2n) is 5.13. The predicted molar refractivity (Wildman–Crippen MR) is 58.9 cm³/mol. The SMILES string of the molecule is CC(C)N[C@@H](C)[C@H]1CC[C@@H](C)CC1. The van der Waals surface area contributed by atoms with Crippen molar-refractivity contribution in [2.45, 2.75) is 65.5 Å². The first-order valence-corrected chi connectivity index (χ1v) is 5.85. The van der Waals surface area contributed by atoms with Crippen LogP contribution >= 0.6 is 0 Å². The van der Waals surface area contributed by atoms with E-state index >= 15 is 0 Å². The molecule has 0 aromatic heterocycles. The fraction of sp³-hybridized carbons (Fsp3) is 1.00. The molecule has 0 amide bonds. The van der Waals surface area contributed by atoms with Gasteiger partial charge in [-0.05, 0) is 31.6 Å². The molecular formula is C12H25N. The van der Waals surface area contributed by atoms with Gasteiger partial charge in [0.1, 0.15) is 0 Å². The van der Waals surface area contributed by atoms with Crippen molar-refractivity contribution in [2.24, 2.45) is 11.8 Å².